The first-order valence-corrected chi connectivity index (χ1v) is 8.78. The summed E-state index contributed by atoms with van der Waals surface area (Å²) in [6.07, 6.45) is 3.41. The van der Waals surface area contributed by atoms with E-state index >= 15 is 0 Å². The predicted octanol–water partition coefficient (Wildman–Crippen LogP) is 4.67. The average molecular weight is 345 g/mol. The Labute approximate surface area is 154 Å². The van der Waals surface area contributed by atoms with Crippen molar-refractivity contribution in [2.24, 2.45) is 0 Å². The number of benzene rings is 2. The molecule has 26 heavy (non-hydrogen) atoms. The van der Waals surface area contributed by atoms with Crippen molar-refractivity contribution >= 4 is 17.3 Å². The summed E-state index contributed by atoms with van der Waals surface area (Å²) in [6, 6.07) is 19.9. The summed E-state index contributed by atoms with van der Waals surface area (Å²) in [4.78, 5) is 19.1. The number of carbonyl (C=O) groups excluding carboxylic acids is 1. The van der Waals surface area contributed by atoms with Crippen molar-refractivity contribution in [2.45, 2.75) is 20.4 Å². The number of carbonyl (C=O) groups is 1. The fourth-order valence-corrected chi connectivity index (χ4v) is 2.82. The van der Waals surface area contributed by atoms with Gasteiger partial charge in [0.15, 0.2) is 0 Å². The number of aromatic nitrogens is 1. The van der Waals surface area contributed by atoms with Gasteiger partial charge in [0.05, 0.1) is 17.4 Å². The fraction of sp³-hybridized carbons (Fsp3) is 0.182. The molecule has 3 rings (SSSR count). The van der Waals surface area contributed by atoms with Gasteiger partial charge in [-0.15, -0.1) is 0 Å². The van der Waals surface area contributed by atoms with Crippen LogP contribution in [0.2, 0.25) is 0 Å². The highest BCUT2D eigenvalue weighted by Gasteiger charge is 2.12. The molecular weight excluding hydrogens is 322 g/mol. The molecule has 0 bridgehead atoms. The highest BCUT2D eigenvalue weighted by molar-refractivity contribution is 6.04. The van der Waals surface area contributed by atoms with E-state index in [9.17, 15) is 4.79 Å². The number of nitrogens with zero attached hydrogens (tertiary/aromatic N) is 2. The standard InChI is InChI=1S/C22H23N3O/c1-3-25(16-18-10-5-4-6-11-18)20-13-19(14-23-15-20)22(26)24-21-12-8-7-9-17(21)2/h4-15H,3,16H2,1-2H3,(H,24,26). The topological polar surface area (TPSA) is 45.2 Å². The third kappa shape index (κ3) is 4.28. The Hall–Kier alpha value is -3.14. The van der Waals surface area contributed by atoms with E-state index in [0.29, 0.717) is 5.56 Å². The van der Waals surface area contributed by atoms with Crippen molar-refractivity contribution < 1.29 is 4.79 Å². The van der Waals surface area contributed by atoms with Crippen molar-refractivity contribution in [3.63, 3.8) is 0 Å². The van der Waals surface area contributed by atoms with E-state index in [1.165, 1.54) is 5.56 Å². The van der Waals surface area contributed by atoms with Gasteiger partial charge in [-0.05, 0) is 37.1 Å². The van der Waals surface area contributed by atoms with Gasteiger partial charge in [-0.1, -0.05) is 48.5 Å². The number of rotatable bonds is 6. The van der Waals surface area contributed by atoms with E-state index < -0.39 is 0 Å². The molecule has 0 aliphatic carbocycles. The minimum atomic E-state index is -0.149. The lowest BCUT2D eigenvalue weighted by molar-refractivity contribution is 0.102. The molecule has 2 aromatic carbocycles. The van der Waals surface area contributed by atoms with Gasteiger partial charge in [-0.2, -0.15) is 0 Å². The molecule has 0 radical (unpaired) electrons. The van der Waals surface area contributed by atoms with Gasteiger partial charge in [0.25, 0.3) is 5.91 Å². The van der Waals surface area contributed by atoms with E-state index in [4.69, 9.17) is 0 Å². The molecular formula is C22H23N3O. The zero-order chi connectivity index (χ0) is 18.4. The number of pyridine rings is 1. The molecule has 0 saturated heterocycles. The SMILES string of the molecule is CCN(Cc1ccccc1)c1cncc(C(=O)Nc2ccccc2C)c1. The van der Waals surface area contributed by atoms with Gasteiger partial charge in [0.2, 0.25) is 0 Å². The monoisotopic (exact) mass is 345 g/mol. The molecule has 1 N–H and O–H groups in total. The fourth-order valence-electron chi connectivity index (χ4n) is 2.82. The number of aryl methyl sites for hydroxylation is 1. The van der Waals surface area contributed by atoms with Crippen molar-refractivity contribution in [1.82, 2.24) is 4.98 Å². The first-order chi connectivity index (χ1) is 12.7. The Morgan fingerprint density at radius 2 is 1.77 bits per heavy atom. The molecule has 0 spiro atoms. The molecule has 4 heteroatoms. The van der Waals surface area contributed by atoms with Gasteiger partial charge in [0.1, 0.15) is 0 Å². The molecule has 1 amide bonds. The number of anilines is 2. The van der Waals surface area contributed by atoms with Crippen molar-refractivity contribution in [1.29, 1.82) is 0 Å². The van der Waals surface area contributed by atoms with Gasteiger partial charge >= 0.3 is 0 Å². The molecule has 0 fully saturated rings. The van der Waals surface area contributed by atoms with Crippen LogP contribution < -0.4 is 10.2 Å². The minimum Gasteiger partial charge on any atom is -0.366 e. The van der Waals surface area contributed by atoms with Crippen LogP contribution in [0.25, 0.3) is 0 Å². The first-order valence-electron chi connectivity index (χ1n) is 8.78. The molecule has 0 aliphatic rings. The van der Waals surface area contributed by atoms with Crippen LogP contribution in [0.4, 0.5) is 11.4 Å². The molecule has 132 valence electrons. The number of hydrogen-bond acceptors (Lipinski definition) is 3. The molecule has 1 heterocycles. The zero-order valence-electron chi connectivity index (χ0n) is 15.1. The lowest BCUT2D eigenvalue weighted by Gasteiger charge is -2.23. The van der Waals surface area contributed by atoms with E-state index in [-0.39, 0.29) is 5.91 Å². The highest BCUT2D eigenvalue weighted by Crippen LogP contribution is 2.19. The predicted molar refractivity (Wildman–Crippen MR) is 107 cm³/mol. The number of amides is 1. The van der Waals surface area contributed by atoms with Crippen LogP contribution in [0.5, 0.6) is 0 Å². The van der Waals surface area contributed by atoms with Crippen LogP contribution in [0.1, 0.15) is 28.4 Å². The van der Waals surface area contributed by atoms with Gasteiger partial charge in [0, 0.05) is 25.0 Å². The number of para-hydroxylation sites is 1. The van der Waals surface area contributed by atoms with E-state index in [1.807, 2.05) is 55.5 Å². The lowest BCUT2D eigenvalue weighted by atomic mass is 10.1. The summed E-state index contributed by atoms with van der Waals surface area (Å²) in [5, 5.41) is 2.96. The quantitative estimate of drug-likeness (QED) is 0.706. The van der Waals surface area contributed by atoms with Crippen molar-refractivity contribution in [2.75, 3.05) is 16.8 Å². The van der Waals surface area contributed by atoms with Gasteiger partial charge < -0.3 is 10.2 Å². The van der Waals surface area contributed by atoms with Crippen LogP contribution in [0.3, 0.4) is 0 Å². The Kier molecular flexibility index (Phi) is 5.64. The van der Waals surface area contributed by atoms with Crippen LogP contribution in [-0.4, -0.2) is 17.4 Å². The van der Waals surface area contributed by atoms with Crippen LogP contribution in [0, 0.1) is 6.92 Å². The maximum absolute atomic E-state index is 12.6. The third-order valence-corrected chi connectivity index (χ3v) is 4.34. The maximum Gasteiger partial charge on any atom is 0.257 e. The molecule has 1 aromatic heterocycles. The Morgan fingerprint density at radius 3 is 2.50 bits per heavy atom. The van der Waals surface area contributed by atoms with Gasteiger partial charge in [-0.3, -0.25) is 9.78 Å². The van der Waals surface area contributed by atoms with Crippen molar-refractivity contribution in [3.8, 4) is 0 Å². The largest absolute Gasteiger partial charge is 0.366 e. The Bertz CT molecular complexity index is 877. The van der Waals surface area contributed by atoms with Crippen molar-refractivity contribution in [3.05, 3.63) is 89.7 Å². The zero-order valence-corrected chi connectivity index (χ0v) is 15.1. The summed E-state index contributed by atoms with van der Waals surface area (Å²) in [5.74, 6) is -0.149. The first kappa shape index (κ1) is 17.7. The normalized spacial score (nSPS) is 10.4. The second-order valence-electron chi connectivity index (χ2n) is 6.20. The molecule has 4 nitrogen and oxygen atoms in total. The van der Waals surface area contributed by atoms with Gasteiger partial charge in [-0.25, -0.2) is 0 Å². The van der Waals surface area contributed by atoms with E-state index in [2.05, 4.69) is 34.3 Å². The molecule has 0 atom stereocenters. The van der Waals surface area contributed by atoms with E-state index in [1.54, 1.807) is 12.4 Å². The molecule has 0 saturated carbocycles. The molecule has 0 unspecified atom stereocenters. The van der Waals surface area contributed by atoms with Crippen LogP contribution >= 0.6 is 0 Å². The average Bonchev–Trinajstić information content (AvgIpc) is 2.69. The number of nitrogens with one attached hydrogen (secondary N) is 1. The number of hydrogen-bond donors (Lipinski definition) is 1. The highest BCUT2D eigenvalue weighted by atomic mass is 16.1. The Morgan fingerprint density at radius 1 is 1.04 bits per heavy atom. The summed E-state index contributed by atoms with van der Waals surface area (Å²) < 4.78 is 0. The summed E-state index contributed by atoms with van der Waals surface area (Å²) >= 11 is 0. The summed E-state index contributed by atoms with van der Waals surface area (Å²) in [6.45, 7) is 5.69. The molecule has 3 aromatic rings. The second-order valence-corrected chi connectivity index (χ2v) is 6.20. The maximum atomic E-state index is 12.6. The smallest absolute Gasteiger partial charge is 0.257 e. The summed E-state index contributed by atoms with van der Waals surface area (Å²) in [5.41, 5.74) is 4.57. The van der Waals surface area contributed by atoms with E-state index in [0.717, 1.165) is 30.0 Å². The Balaban J connectivity index is 1.78. The lowest BCUT2D eigenvalue weighted by Crippen LogP contribution is -2.23. The minimum absolute atomic E-state index is 0.149. The third-order valence-electron chi connectivity index (χ3n) is 4.34. The summed E-state index contributed by atoms with van der Waals surface area (Å²) in [7, 11) is 0. The second kappa shape index (κ2) is 8.30. The molecule has 0 aliphatic heterocycles. The van der Waals surface area contributed by atoms with Crippen LogP contribution in [-0.2, 0) is 6.54 Å². The van der Waals surface area contributed by atoms with Crippen LogP contribution in [0.15, 0.2) is 73.1 Å².